The highest BCUT2D eigenvalue weighted by atomic mass is 79.9. The molecule has 2 aliphatic rings. The smallest absolute Gasteiger partial charge is 0.0403 e. The summed E-state index contributed by atoms with van der Waals surface area (Å²) in [6.07, 6.45) is 2.31. The van der Waals surface area contributed by atoms with Crippen molar-refractivity contribution in [2.45, 2.75) is 24.9 Å². The Balaban J connectivity index is 2.01. The van der Waals surface area contributed by atoms with Crippen molar-refractivity contribution in [3.8, 4) is 0 Å². The highest BCUT2D eigenvalue weighted by Crippen LogP contribution is 2.38. The van der Waals surface area contributed by atoms with Crippen LogP contribution in [0, 0.1) is 0 Å². The van der Waals surface area contributed by atoms with E-state index in [1.54, 1.807) is 0 Å². The zero-order valence-corrected chi connectivity index (χ0v) is 9.50. The first-order valence-corrected chi connectivity index (χ1v) is 5.84. The molecule has 1 aromatic rings. The van der Waals surface area contributed by atoms with Crippen molar-refractivity contribution >= 4 is 21.6 Å². The lowest BCUT2D eigenvalue weighted by Gasteiger charge is -2.18. The van der Waals surface area contributed by atoms with Crippen LogP contribution in [0.2, 0.25) is 0 Å². The molecule has 0 spiro atoms. The van der Waals surface area contributed by atoms with Gasteiger partial charge < -0.3 is 10.6 Å². The van der Waals surface area contributed by atoms with E-state index in [0.29, 0.717) is 12.1 Å². The minimum atomic E-state index is 0.372. The van der Waals surface area contributed by atoms with Crippen LogP contribution in [-0.4, -0.2) is 18.6 Å². The third-order valence-corrected chi connectivity index (χ3v) is 3.75. The van der Waals surface area contributed by atoms with Gasteiger partial charge in [0.05, 0.1) is 0 Å². The van der Waals surface area contributed by atoms with Crippen molar-refractivity contribution in [2.75, 3.05) is 11.4 Å². The number of anilines is 1. The van der Waals surface area contributed by atoms with Gasteiger partial charge in [0.2, 0.25) is 0 Å². The summed E-state index contributed by atoms with van der Waals surface area (Å²) in [6.45, 7) is 1.03. The number of nitrogens with two attached hydrogens (primary N) is 1. The minimum Gasteiger partial charge on any atom is -0.366 e. The number of halogens is 1. The van der Waals surface area contributed by atoms with Gasteiger partial charge in [-0.1, -0.05) is 15.9 Å². The van der Waals surface area contributed by atoms with Crippen molar-refractivity contribution < 1.29 is 0 Å². The van der Waals surface area contributed by atoms with Crippen LogP contribution in [0.4, 0.5) is 5.69 Å². The summed E-state index contributed by atoms with van der Waals surface area (Å²) >= 11 is 3.51. The van der Waals surface area contributed by atoms with Crippen molar-refractivity contribution in [2.24, 2.45) is 5.73 Å². The summed E-state index contributed by atoms with van der Waals surface area (Å²) in [5, 5.41) is 0. The van der Waals surface area contributed by atoms with E-state index in [4.69, 9.17) is 5.73 Å². The zero-order valence-electron chi connectivity index (χ0n) is 7.91. The topological polar surface area (TPSA) is 29.3 Å². The third-order valence-electron chi connectivity index (χ3n) is 3.25. The molecule has 2 N–H and O–H groups in total. The fraction of sp³-hybridized carbons (Fsp3) is 0.455. The molecule has 0 aliphatic carbocycles. The highest BCUT2D eigenvalue weighted by Gasteiger charge is 2.36. The van der Waals surface area contributed by atoms with Gasteiger partial charge in [-0.25, -0.2) is 0 Å². The predicted molar refractivity (Wildman–Crippen MR) is 61.6 cm³/mol. The first kappa shape index (κ1) is 8.74. The summed E-state index contributed by atoms with van der Waals surface area (Å²) in [5.74, 6) is 0. The molecule has 2 heterocycles. The molecular formula is C11H13BrN2. The maximum atomic E-state index is 5.96. The van der Waals surface area contributed by atoms with E-state index in [9.17, 15) is 0 Å². The molecule has 74 valence electrons. The standard InChI is InChI=1S/C11H13BrN2/c12-8-1-2-11-7(3-8)4-10-5-9(13)6-14(10)11/h1-3,9-10H,4-6,13H2. The van der Waals surface area contributed by atoms with E-state index >= 15 is 0 Å². The molecule has 1 fully saturated rings. The maximum Gasteiger partial charge on any atom is 0.0403 e. The van der Waals surface area contributed by atoms with Gasteiger partial charge in [0.1, 0.15) is 0 Å². The molecule has 2 aliphatic heterocycles. The van der Waals surface area contributed by atoms with Crippen LogP contribution in [-0.2, 0) is 6.42 Å². The third kappa shape index (κ3) is 1.19. The van der Waals surface area contributed by atoms with Crippen LogP contribution in [0.3, 0.4) is 0 Å². The fourth-order valence-corrected chi connectivity index (χ4v) is 3.10. The van der Waals surface area contributed by atoms with E-state index < -0.39 is 0 Å². The average molecular weight is 253 g/mol. The van der Waals surface area contributed by atoms with Gasteiger partial charge in [-0.3, -0.25) is 0 Å². The Morgan fingerprint density at radius 2 is 2.29 bits per heavy atom. The van der Waals surface area contributed by atoms with E-state index in [0.717, 1.165) is 13.0 Å². The molecule has 1 saturated heterocycles. The molecule has 14 heavy (non-hydrogen) atoms. The van der Waals surface area contributed by atoms with E-state index in [1.807, 2.05) is 0 Å². The van der Waals surface area contributed by atoms with E-state index in [1.165, 1.54) is 22.1 Å². The largest absolute Gasteiger partial charge is 0.366 e. The Labute approximate surface area is 92.2 Å². The molecule has 0 aromatic heterocycles. The van der Waals surface area contributed by atoms with Gasteiger partial charge in [0.25, 0.3) is 0 Å². The van der Waals surface area contributed by atoms with Gasteiger partial charge in [-0.2, -0.15) is 0 Å². The lowest BCUT2D eigenvalue weighted by Crippen LogP contribution is -2.27. The van der Waals surface area contributed by atoms with Gasteiger partial charge in [-0.15, -0.1) is 0 Å². The second kappa shape index (κ2) is 2.97. The van der Waals surface area contributed by atoms with Crippen LogP contribution in [0.1, 0.15) is 12.0 Å². The van der Waals surface area contributed by atoms with Gasteiger partial charge in [0, 0.05) is 28.8 Å². The summed E-state index contributed by atoms with van der Waals surface area (Å²) in [4.78, 5) is 2.46. The summed E-state index contributed by atoms with van der Waals surface area (Å²) in [6, 6.07) is 7.59. The molecule has 2 atom stereocenters. The van der Waals surface area contributed by atoms with Crippen LogP contribution < -0.4 is 10.6 Å². The van der Waals surface area contributed by atoms with Crippen LogP contribution in [0.25, 0.3) is 0 Å². The number of fused-ring (bicyclic) bond motifs is 3. The van der Waals surface area contributed by atoms with Crippen molar-refractivity contribution in [1.29, 1.82) is 0 Å². The second-order valence-corrected chi connectivity index (χ2v) is 5.19. The monoisotopic (exact) mass is 252 g/mol. The Morgan fingerprint density at radius 3 is 3.14 bits per heavy atom. The lowest BCUT2D eigenvalue weighted by atomic mass is 10.1. The Bertz CT molecular complexity index is 378. The minimum absolute atomic E-state index is 0.372. The maximum absolute atomic E-state index is 5.96. The molecule has 1 aromatic carbocycles. The number of benzene rings is 1. The van der Waals surface area contributed by atoms with Crippen LogP contribution in [0.15, 0.2) is 22.7 Å². The van der Waals surface area contributed by atoms with E-state index in [-0.39, 0.29) is 0 Å². The van der Waals surface area contributed by atoms with Crippen LogP contribution >= 0.6 is 15.9 Å². The Morgan fingerprint density at radius 1 is 1.43 bits per heavy atom. The molecule has 0 bridgehead atoms. The number of nitrogens with zero attached hydrogens (tertiary/aromatic N) is 1. The van der Waals surface area contributed by atoms with Crippen molar-refractivity contribution in [3.63, 3.8) is 0 Å². The molecule has 3 heteroatoms. The summed E-state index contributed by atoms with van der Waals surface area (Å²) in [5.41, 5.74) is 8.82. The van der Waals surface area contributed by atoms with Crippen molar-refractivity contribution in [3.05, 3.63) is 28.2 Å². The van der Waals surface area contributed by atoms with Gasteiger partial charge >= 0.3 is 0 Å². The molecule has 3 rings (SSSR count). The normalized spacial score (nSPS) is 29.1. The first-order chi connectivity index (χ1) is 6.74. The quantitative estimate of drug-likeness (QED) is 0.765. The SMILES string of the molecule is NC1CC2Cc3cc(Br)ccc3N2C1. The van der Waals surface area contributed by atoms with Gasteiger partial charge in [0.15, 0.2) is 0 Å². The number of hydrogen-bond acceptors (Lipinski definition) is 2. The molecule has 2 unspecified atom stereocenters. The Hall–Kier alpha value is -0.540. The molecule has 0 radical (unpaired) electrons. The fourth-order valence-electron chi connectivity index (χ4n) is 2.69. The van der Waals surface area contributed by atoms with Crippen LogP contribution in [0.5, 0.6) is 0 Å². The molecule has 2 nitrogen and oxygen atoms in total. The number of rotatable bonds is 0. The second-order valence-electron chi connectivity index (χ2n) is 4.28. The summed E-state index contributed by atoms with van der Waals surface area (Å²) in [7, 11) is 0. The molecule has 0 amide bonds. The molecule has 0 saturated carbocycles. The molecular weight excluding hydrogens is 240 g/mol. The highest BCUT2D eigenvalue weighted by molar-refractivity contribution is 9.10. The van der Waals surface area contributed by atoms with E-state index in [2.05, 4.69) is 39.0 Å². The Kier molecular flexibility index (Phi) is 1.86. The van der Waals surface area contributed by atoms with Crippen molar-refractivity contribution in [1.82, 2.24) is 0 Å². The van der Waals surface area contributed by atoms with Gasteiger partial charge in [-0.05, 0) is 36.6 Å². The first-order valence-electron chi connectivity index (χ1n) is 5.04. The average Bonchev–Trinajstić information content (AvgIpc) is 2.59. The number of hydrogen-bond donors (Lipinski definition) is 1. The predicted octanol–water partition coefficient (Wildman–Crippen LogP) is 1.91. The lowest BCUT2D eigenvalue weighted by molar-refractivity contribution is 0.662. The summed E-state index contributed by atoms with van der Waals surface area (Å²) < 4.78 is 1.18. The zero-order chi connectivity index (χ0) is 9.71.